The number of aldehydes is 1. The number of amides is 1. The van der Waals surface area contributed by atoms with Gasteiger partial charge in [-0.15, -0.1) is 0 Å². The maximum atomic E-state index is 12.3. The van der Waals surface area contributed by atoms with Crippen LogP contribution in [0.15, 0.2) is 0 Å². The molecular formula is C16H28INO4. The lowest BCUT2D eigenvalue weighted by Gasteiger charge is -2.40. The summed E-state index contributed by atoms with van der Waals surface area (Å²) >= 11 is 2.39. The van der Waals surface area contributed by atoms with Crippen molar-refractivity contribution < 1.29 is 19.1 Å². The first kappa shape index (κ1) is 19.7. The van der Waals surface area contributed by atoms with Gasteiger partial charge in [-0.1, -0.05) is 29.5 Å². The van der Waals surface area contributed by atoms with Gasteiger partial charge < -0.3 is 19.2 Å². The van der Waals surface area contributed by atoms with E-state index in [1.54, 1.807) is 12.0 Å². The van der Waals surface area contributed by atoms with Gasteiger partial charge in [-0.3, -0.25) is 0 Å². The smallest absolute Gasteiger partial charge is 0.410 e. The fraction of sp³-hybridized carbons (Fsp3) is 0.875. The molecule has 0 aromatic carbocycles. The first-order chi connectivity index (χ1) is 10.0. The quantitative estimate of drug-likeness (QED) is 0.395. The third kappa shape index (κ3) is 6.02. The molecule has 1 aliphatic heterocycles. The average Bonchev–Trinajstić information content (AvgIpc) is 2.34. The summed E-state index contributed by atoms with van der Waals surface area (Å²) in [5.74, 6) is 0. The molecule has 0 spiro atoms. The molecule has 1 amide bonds. The number of rotatable bonds is 3. The number of methoxy groups -OCH3 is 1. The second-order valence-corrected chi connectivity index (χ2v) is 10.1. The molecule has 0 radical (unpaired) electrons. The van der Waals surface area contributed by atoms with Gasteiger partial charge in [-0.25, -0.2) is 4.79 Å². The number of carbonyl (C=O) groups excluding carboxylic acids is 2. The van der Waals surface area contributed by atoms with Crippen LogP contribution >= 0.6 is 22.6 Å². The van der Waals surface area contributed by atoms with Crippen molar-refractivity contribution in [2.45, 2.75) is 56.0 Å². The van der Waals surface area contributed by atoms with Gasteiger partial charge in [0.2, 0.25) is 0 Å². The van der Waals surface area contributed by atoms with Crippen LogP contribution in [0.1, 0.15) is 47.0 Å². The molecule has 1 heterocycles. The Morgan fingerprint density at radius 2 is 1.91 bits per heavy atom. The first-order valence-corrected chi connectivity index (χ1v) is 8.73. The SMILES string of the molecule is COC[C@@]1(C=O)CCN(C(=O)OC(C)(C)C)CCC(C)(I)C1. The second-order valence-electron chi connectivity index (χ2n) is 7.47. The van der Waals surface area contributed by atoms with Crippen molar-refractivity contribution in [3.05, 3.63) is 0 Å². The standard InChI is InChI=1S/C16H28INO4/c1-14(2,3)22-13(20)18-8-6-15(4,17)10-16(11-19,7-9-18)12-21-5/h11H,6-10,12H2,1-5H3/t15?,16-/m0/s1. The van der Waals surface area contributed by atoms with Gasteiger partial charge in [-0.05, 0) is 40.0 Å². The molecule has 1 aliphatic rings. The summed E-state index contributed by atoms with van der Waals surface area (Å²) in [6.07, 6.45) is 2.89. The molecule has 2 atom stereocenters. The predicted octanol–water partition coefficient (Wildman–Crippen LogP) is 3.43. The van der Waals surface area contributed by atoms with Crippen molar-refractivity contribution in [3.8, 4) is 0 Å². The summed E-state index contributed by atoms with van der Waals surface area (Å²) in [6, 6.07) is 0. The fourth-order valence-electron chi connectivity index (χ4n) is 2.80. The molecule has 0 aromatic heterocycles. The zero-order valence-corrected chi connectivity index (χ0v) is 16.4. The molecule has 0 aliphatic carbocycles. The number of hydrogen-bond acceptors (Lipinski definition) is 4. The van der Waals surface area contributed by atoms with E-state index >= 15 is 0 Å². The van der Waals surface area contributed by atoms with E-state index in [0.717, 1.165) is 19.1 Å². The van der Waals surface area contributed by atoms with Gasteiger partial charge in [0, 0.05) is 23.6 Å². The third-order valence-electron chi connectivity index (χ3n) is 3.84. The summed E-state index contributed by atoms with van der Waals surface area (Å²) in [6.45, 7) is 9.26. The van der Waals surface area contributed by atoms with E-state index in [-0.39, 0.29) is 9.51 Å². The molecule has 1 unspecified atom stereocenters. The van der Waals surface area contributed by atoms with Crippen LogP contribution in [-0.4, -0.2) is 53.1 Å². The maximum Gasteiger partial charge on any atom is 0.410 e. The predicted molar refractivity (Wildman–Crippen MR) is 94.5 cm³/mol. The van der Waals surface area contributed by atoms with Crippen molar-refractivity contribution in [1.82, 2.24) is 4.90 Å². The Morgan fingerprint density at radius 1 is 1.32 bits per heavy atom. The van der Waals surface area contributed by atoms with Crippen LogP contribution in [0.25, 0.3) is 0 Å². The van der Waals surface area contributed by atoms with Crippen molar-refractivity contribution in [2.75, 3.05) is 26.8 Å². The molecular weight excluding hydrogens is 397 g/mol. The molecule has 22 heavy (non-hydrogen) atoms. The number of halogens is 1. The minimum absolute atomic E-state index is 0.0577. The summed E-state index contributed by atoms with van der Waals surface area (Å²) in [4.78, 5) is 25.8. The van der Waals surface area contributed by atoms with Crippen molar-refractivity contribution in [1.29, 1.82) is 0 Å². The van der Waals surface area contributed by atoms with Gasteiger partial charge >= 0.3 is 6.09 Å². The van der Waals surface area contributed by atoms with Gasteiger partial charge in [0.1, 0.15) is 11.9 Å². The normalized spacial score (nSPS) is 30.4. The Morgan fingerprint density at radius 3 is 2.41 bits per heavy atom. The lowest BCUT2D eigenvalue weighted by atomic mass is 9.76. The fourth-order valence-corrected chi connectivity index (χ4v) is 3.80. The molecule has 0 bridgehead atoms. The van der Waals surface area contributed by atoms with Crippen LogP contribution in [0, 0.1) is 5.41 Å². The van der Waals surface area contributed by atoms with Gasteiger partial charge in [0.05, 0.1) is 12.0 Å². The van der Waals surface area contributed by atoms with Crippen LogP contribution in [-0.2, 0) is 14.3 Å². The van der Waals surface area contributed by atoms with Crippen LogP contribution in [0.3, 0.4) is 0 Å². The van der Waals surface area contributed by atoms with Crippen LogP contribution in [0.2, 0.25) is 0 Å². The summed E-state index contributed by atoms with van der Waals surface area (Å²) < 4.78 is 10.7. The second kappa shape index (κ2) is 7.47. The van der Waals surface area contributed by atoms with Gasteiger partial charge in [-0.2, -0.15) is 0 Å². The first-order valence-electron chi connectivity index (χ1n) is 7.65. The molecule has 5 nitrogen and oxygen atoms in total. The molecule has 1 rings (SSSR count). The molecule has 1 fully saturated rings. The zero-order chi connectivity index (χ0) is 17.0. The van der Waals surface area contributed by atoms with Crippen LogP contribution in [0.4, 0.5) is 4.79 Å². The highest BCUT2D eigenvalue weighted by Crippen LogP contribution is 2.40. The molecule has 1 saturated heterocycles. The van der Waals surface area contributed by atoms with E-state index in [1.165, 1.54) is 0 Å². The zero-order valence-electron chi connectivity index (χ0n) is 14.3. The van der Waals surface area contributed by atoms with Crippen LogP contribution in [0.5, 0.6) is 0 Å². The van der Waals surface area contributed by atoms with Crippen molar-refractivity contribution in [3.63, 3.8) is 0 Å². The molecule has 0 saturated carbocycles. The number of carbonyl (C=O) groups is 2. The molecule has 6 heteroatoms. The van der Waals surface area contributed by atoms with E-state index in [4.69, 9.17) is 9.47 Å². The van der Waals surface area contributed by atoms with E-state index in [0.29, 0.717) is 26.1 Å². The number of hydrogen-bond donors (Lipinski definition) is 0. The van der Waals surface area contributed by atoms with Crippen molar-refractivity contribution >= 4 is 35.0 Å². The van der Waals surface area contributed by atoms with E-state index in [1.807, 2.05) is 20.8 Å². The lowest BCUT2D eigenvalue weighted by Crippen LogP contribution is -2.46. The van der Waals surface area contributed by atoms with E-state index in [9.17, 15) is 9.59 Å². The Hall–Kier alpha value is -0.370. The summed E-state index contributed by atoms with van der Waals surface area (Å²) in [5.41, 5.74) is -1.05. The number of alkyl halides is 1. The van der Waals surface area contributed by atoms with Gasteiger partial charge in [0.15, 0.2) is 0 Å². The largest absolute Gasteiger partial charge is 0.444 e. The molecule has 0 N–H and O–H groups in total. The highest BCUT2D eigenvalue weighted by atomic mass is 127. The Balaban J connectivity index is 2.90. The summed E-state index contributed by atoms with van der Waals surface area (Å²) in [7, 11) is 1.61. The Bertz CT molecular complexity index is 405. The van der Waals surface area contributed by atoms with E-state index in [2.05, 4.69) is 29.5 Å². The monoisotopic (exact) mass is 425 g/mol. The minimum Gasteiger partial charge on any atom is -0.444 e. The van der Waals surface area contributed by atoms with Crippen molar-refractivity contribution in [2.24, 2.45) is 5.41 Å². The molecule has 128 valence electrons. The lowest BCUT2D eigenvalue weighted by molar-refractivity contribution is -0.121. The third-order valence-corrected chi connectivity index (χ3v) is 4.76. The van der Waals surface area contributed by atoms with Gasteiger partial charge in [0.25, 0.3) is 0 Å². The van der Waals surface area contributed by atoms with E-state index < -0.39 is 11.0 Å². The summed E-state index contributed by atoms with van der Waals surface area (Å²) in [5, 5.41) is 0. The average molecular weight is 425 g/mol. The number of likely N-dealkylation sites (tertiary alicyclic amines) is 1. The minimum atomic E-state index is -0.536. The maximum absolute atomic E-state index is 12.3. The highest BCUT2D eigenvalue weighted by Gasteiger charge is 2.40. The Kier molecular flexibility index (Phi) is 6.68. The van der Waals surface area contributed by atoms with Crippen LogP contribution < -0.4 is 0 Å². The topological polar surface area (TPSA) is 55.8 Å². The molecule has 0 aromatic rings. The number of nitrogens with zero attached hydrogens (tertiary/aromatic N) is 1. The Labute approximate surface area is 147 Å². The number of ether oxygens (including phenoxy) is 2. The highest BCUT2D eigenvalue weighted by molar-refractivity contribution is 14.1.